The van der Waals surface area contributed by atoms with Crippen LogP contribution in [0.5, 0.6) is 0 Å². The van der Waals surface area contributed by atoms with E-state index in [0.29, 0.717) is 6.54 Å². The Balaban J connectivity index is 1.68. The smallest absolute Gasteiger partial charge is 0.211 e. The fraction of sp³-hybridized carbons (Fsp3) is 0.625. The van der Waals surface area contributed by atoms with Crippen molar-refractivity contribution in [1.29, 1.82) is 0 Å². The monoisotopic (exact) mass is 325 g/mol. The number of sulfonamides is 1. The van der Waals surface area contributed by atoms with Crippen molar-refractivity contribution < 1.29 is 8.42 Å². The van der Waals surface area contributed by atoms with E-state index < -0.39 is 10.0 Å². The lowest BCUT2D eigenvalue weighted by Gasteiger charge is -2.36. The van der Waals surface area contributed by atoms with Crippen molar-refractivity contribution in [3.8, 4) is 0 Å². The van der Waals surface area contributed by atoms with Gasteiger partial charge in [0.1, 0.15) is 0 Å². The van der Waals surface area contributed by atoms with E-state index in [1.807, 2.05) is 13.0 Å². The first kappa shape index (κ1) is 17.2. The topological polar surface area (TPSA) is 52.7 Å². The van der Waals surface area contributed by atoms with Crippen molar-refractivity contribution in [1.82, 2.24) is 9.62 Å². The second-order valence-corrected chi connectivity index (χ2v) is 7.66. The zero-order chi connectivity index (χ0) is 15.8. The molecule has 0 aromatic heterocycles. The van der Waals surface area contributed by atoms with Gasteiger partial charge in [0.25, 0.3) is 0 Å². The maximum Gasteiger partial charge on any atom is 0.211 e. The van der Waals surface area contributed by atoms with Crippen molar-refractivity contribution in [2.45, 2.75) is 19.8 Å². The molecule has 1 aromatic rings. The van der Waals surface area contributed by atoms with Gasteiger partial charge in [-0.2, -0.15) is 0 Å². The molecule has 0 unspecified atom stereocenters. The molecule has 124 valence electrons. The fourth-order valence-corrected chi connectivity index (χ4v) is 3.85. The Morgan fingerprint density at radius 3 is 2.41 bits per heavy atom. The van der Waals surface area contributed by atoms with Gasteiger partial charge in [0.05, 0.1) is 5.75 Å². The van der Waals surface area contributed by atoms with Gasteiger partial charge in [-0.05, 0) is 18.6 Å². The Morgan fingerprint density at radius 2 is 1.77 bits per heavy atom. The summed E-state index contributed by atoms with van der Waals surface area (Å²) in [5.74, 6) is 0.241. The normalized spacial score (nSPS) is 16.9. The summed E-state index contributed by atoms with van der Waals surface area (Å²) in [5, 5.41) is 0. The molecule has 0 spiro atoms. The van der Waals surface area contributed by atoms with Crippen LogP contribution in [-0.2, 0) is 10.0 Å². The number of unbranched alkanes of at least 4 members (excludes halogenated alkanes) is 1. The molecular formula is C16H27N3O2S. The van der Waals surface area contributed by atoms with Gasteiger partial charge in [0.15, 0.2) is 0 Å². The number of hydrogen-bond acceptors (Lipinski definition) is 4. The molecule has 0 radical (unpaired) electrons. The summed E-state index contributed by atoms with van der Waals surface area (Å²) in [5.41, 5.74) is 1.27. The van der Waals surface area contributed by atoms with E-state index in [1.165, 1.54) is 5.69 Å². The van der Waals surface area contributed by atoms with E-state index in [0.717, 1.165) is 45.6 Å². The van der Waals surface area contributed by atoms with E-state index in [4.69, 9.17) is 0 Å². The maximum atomic E-state index is 11.7. The number of rotatable bonds is 8. The van der Waals surface area contributed by atoms with Crippen LogP contribution in [-0.4, -0.2) is 58.3 Å². The van der Waals surface area contributed by atoms with Gasteiger partial charge in [-0.25, -0.2) is 13.1 Å². The number of anilines is 1. The summed E-state index contributed by atoms with van der Waals surface area (Å²) in [6.07, 6.45) is 1.63. The summed E-state index contributed by atoms with van der Waals surface area (Å²) >= 11 is 0. The molecule has 1 N–H and O–H groups in total. The molecule has 22 heavy (non-hydrogen) atoms. The lowest BCUT2D eigenvalue weighted by Crippen LogP contribution is -2.48. The Bertz CT molecular complexity index is 526. The molecule has 1 fully saturated rings. The third kappa shape index (κ3) is 5.59. The van der Waals surface area contributed by atoms with Crippen LogP contribution in [0.1, 0.15) is 19.8 Å². The molecule has 0 bridgehead atoms. The van der Waals surface area contributed by atoms with E-state index in [1.54, 1.807) is 0 Å². The molecule has 1 aliphatic heterocycles. The molecule has 1 heterocycles. The number of piperazine rings is 1. The Kier molecular flexibility index (Phi) is 6.67. The molecule has 2 rings (SSSR count). The van der Waals surface area contributed by atoms with E-state index in [-0.39, 0.29) is 5.75 Å². The lowest BCUT2D eigenvalue weighted by molar-refractivity contribution is 0.262. The molecule has 0 atom stereocenters. The fourth-order valence-electron chi connectivity index (χ4n) is 2.63. The van der Waals surface area contributed by atoms with Gasteiger partial charge in [-0.3, -0.25) is 4.90 Å². The molecule has 1 aromatic carbocycles. The molecule has 0 aliphatic carbocycles. The van der Waals surface area contributed by atoms with Crippen LogP contribution < -0.4 is 9.62 Å². The van der Waals surface area contributed by atoms with Gasteiger partial charge in [-0.15, -0.1) is 0 Å². The van der Waals surface area contributed by atoms with Crippen molar-refractivity contribution in [2.24, 2.45) is 0 Å². The SMILES string of the molecule is CCCCS(=O)(=O)NCCN1CCN(c2ccccc2)CC1. The number of nitrogens with one attached hydrogen (secondary N) is 1. The second-order valence-electron chi connectivity index (χ2n) is 5.73. The Labute approximate surface area is 134 Å². The highest BCUT2D eigenvalue weighted by Crippen LogP contribution is 2.15. The van der Waals surface area contributed by atoms with Crippen LogP contribution in [0.3, 0.4) is 0 Å². The molecule has 6 heteroatoms. The number of benzene rings is 1. The molecule has 1 aliphatic rings. The Morgan fingerprint density at radius 1 is 1.09 bits per heavy atom. The van der Waals surface area contributed by atoms with Crippen molar-refractivity contribution in [3.63, 3.8) is 0 Å². The maximum absolute atomic E-state index is 11.7. The minimum absolute atomic E-state index is 0.241. The summed E-state index contributed by atoms with van der Waals surface area (Å²) in [6, 6.07) is 10.4. The van der Waals surface area contributed by atoms with Gasteiger partial charge in [0.2, 0.25) is 10.0 Å². The van der Waals surface area contributed by atoms with E-state index in [2.05, 4.69) is 38.8 Å². The van der Waals surface area contributed by atoms with E-state index >= 15 is 0 Å². The van der Waals surface area contributed by atoms with Gasteiger partial charge in [-0.1, -0.05) is 31.5 Å². The third-order valence-electron chi connectivity index (χ3n) is 4.01. The van der Waals surface area contributed by atoms with Crippen molar-refractivity contribution >= 4 is 15.7 Å². The number of para-hydroxylation sites is 1. The number of hydrogen-bond donors (Lipinski definition) is 1. The van der Waals surface area contributed by atoms with Gasteiger partial charge in [0, 0.05) is 45.0 Å². The third-order valence-corrected chi connectivity index (χ3v) is 5.48. The minimum atomic E-state index is -3.09. The second kappa shape index (κ2) is 8.50. The highest BCUT2D eigenvalue weighted by molar-refractivity contribution is 7.89. The summed E-state index contributed by atoms with van der Waals surface area (Å²) in [4.78, 5) is 4.70. The minimum Gasteiger partial charge on any atom is -0.369 e. The van der Waals surface area contributed by atoms with Crippen LogP contribution in [0.15, 0.2) is 30.3 Å². The highest BCUT2D eigenvalue weighted by atomic mass is 32.2. The zero-order valence-electron chi connectivity index (χ0n) is 13.4. The standard InChI is InChI=1S/C16H27N3O2S/c1-2-3-15-22(20,21)17-9-10-18-11-13-19(14-12-18)16-7-5-4-6-8-16/h4-8,17H,2-3,9-15H2,1H3. The average Bonchev–Trinajstić information content (AvgIpc) is 2.54. The van der Waals surface area contributed by atoms with Crippen LogP contribution >= 0.6 is 0 Å². The molecule has 0 saturated carbocycles. The quantitative estimate of drug-likeness (QED) is 0.787. The van der Waals surface area contributed by atoms with Crippen LogP contribution in [0.2, 0.25) is 0 Å². The average molecular weight is 325 g/mol. The molecule has 0 amide bonds. The largest absolute Gasteiger partial charge is 0.369 e. The highest BCUT2D eigenvalue weighted by Gasteiger charge is 2.17. The predicted octanol–water partition coefficient (Wildman–Crippen LogP) is 1.53. The molecular weight excluding hydrogens is 298 g/mol. The van der Waals surface area contributed by atoms with Crippen molar-refractivity contribution in [2.75, 3.05) is 49.9 Å². The van der Waals surface area contributed by atoms with Gasteiger partial charge >= 0.3 is 0 Å². The lowest BCUT2D eigenvalue weighted by atomic mass is 10.2. The number of nitrogens with zero attached hydrogens (tertiary/aromatic N) is 2. The summed E-state index contributed by atoms with van der Waals surface area (Å²) in [6.45, 7) is 7.24. The van der Waals surface area contributed by atoms with E-state index in [9.17, 15) is 8.42 Å². The first-order valence-corrected chi connectivity index (χ1v) is 9.75. The first-order valence-electron chi connectivity index (χ1n) is 8.10. The van der Waals surface area contributed by atoms with Gasteiger partial charge < -0.3 is 4.90 Å². The molecule has 5 nitrogen and oxygen atoms in total. The summed E-state index contributed by atoms with van der Waals surface area (Å²) in [7, 11) is -3.09. The molecule has 1 saturated heterocycles. The zero-order valence-corrected chi connectivity index (χ0v) is 14.2. The van der Waals surface area contributed by atoms with Crippen LogP contribution in [0, 0.1) is 0 Å². The summed E-state index contributed by atoms with van der Waals surface area (Å²) < 4.78 is 26.2. The predicted molar refractivity (Wildman–Crippen MR) is 91.8 cm³/mol. The van der Waals surface area contributed by atoms with Crippen molar-refractivity contribution in [3.05, 3.63) is 30.3 Å². The van der Waals surface area contributed by atoms with Crippen LogP contribution in [0.25, 0.3) is 0 Å². The first-order chi connectivity index (χ1) is 10.6. The Hall–Kier alpha value is -1.11. The van der Waals surface area contributed by atoms with Crippen LogP contribution in [0.4, 0.5) is 5.69 Å².